The Bertz CT molecular complexity index is 1120. The molecule has 0 bridgehead atoms. The van der Waals surface area contributed by atoms with Gasteiger partial charge in [-0.15, -0.1) is 0 Å². The van der Waals surface area contributed by atoms with Gasteiger partial charge < -0.3 is 14.5 Å². The number of anilines is 2. The molecule has 0 unspecified atom stereocenters. The second-order valence-electron chi connectivity index (χ2n) is 9.08. The van der Waals surface area contributed by atoms with Crippen molar-refractivity contribution in [1.29, 1.82) is 0 Å². The zero-order valence-electron chi connectivity index (χ0n) is 19.0. The Balaban J connectivity index is 1.41. The highest BCUT2D eigenvalue weighted by molar-refractivity contribution is 7.91. The number of urea groups is 1. The summed E-state index contributed by atoms with van der Waals surface area (Å²) < 4.78 is 41.4. The van der Waals surface area contributed by atoms with Crippen LogP contribution in [0.15, 0.2) is 22.8 Å². The second-order valence-corrected chi connectivity index (χ2v) is 10.6. The van der Waals surface area contributed by atoms with Crippen LogP contribution in [0.2, 0.25) is 0 Å². The van der Waals surface area contributed by atoms with Crippen LogP contribution in [0.25, 0.3) is 0 Å². The van der Waals surface area contributed by atoms with Gasteiger partial charge in [0.15, 0.2) is 0 Å². The summed E-state index contributed by atoms with van der Waals surface area (Å²) in [5, 5.41) is 2.91. The van der Waals surface area contributed by atoms with Gasteiger partial charge in [0.1, 0.15) is 0 Å². The van der Waals surface area contributed by atoms with Crippen LogP contribution in [0.5, 0.6) is 0 Å². The Morgan fingerprint density at radius 1 is 1.06 bits per heavy atom. The number of rotatable bonds is 6. The summed E-state index contributed by atoms with van der Waals surface area (Å²) >= 11 is 0. The molecule has 0 atom stereocenters. The molecule has 8 nitrogen and oxygen atoms in total. The number of aryl methyl sites for hydroxylation is 3. The number of hydrogen-bond donors (Lipinski definition) is 2. The molecule has 5 rings (SSSR count). The van der Waals surface area contributed by atoms with Crippen molar-refractivity contribution in [3.05, 3.63) is 46.2 Å². The maximum atomic E-state index is 13.4. The molecule has 0 radical (unpaired) electrons. The van der Waals surface area contributed by atoms with Crippen LogP contribution < -0.4 is 14.3 Å². The minimum Gasteiger partial charge on any atom is -0.447 e. The third kappa shape index (κ3) is 4.36. The molecule has 2 aromatic rings. The maximum absolute atomic E-state index is 13.4. The van der Waals surface area contributed by atoms with Crippen molar-refractivity contribution >= 4 is 27.8 Å². The SMILES string of the molecule is CCc1coc(N(C2CCOCC2)S(=O)(=O)NC(=O)Nc2c3c(cc4c2CCC4)CCC3)c1. The molecule has 2 amide bonds. The molecular weight excluding hydrogens is 442 g/mol. The molecule has 1 saturated heterocycles. The van der Waals surface area contributed by atoms with Crippen molar-refractivity contribution in [3.63, 3.8) is 0 Å². The number of fused-ring (bicyclic) bond motifs is 2. The number of nitrogens with zero attached hydrogens (tertiary/aromatic N) is 1. The summed E-state index contributed by atoms with van der Waals surface area (Å²) in [6.45, 7) is 2.91. The minimum atomic E-state index is -4.20. The van der Waals surface area contributed by atoms with E-state index in [1.165, 1.54) is 15.4 Å². The van der Waals surface area contributed by atoms with Crippen LogP contribution in [0, 0.1) is 0 Å². The Kier molecular flexibility index (Phi) is 6.09. The number of carbonyl (C=O) groups excluding carboxylic acids is 1. The summed E-state index contributed by atoms with van der Waals surface area (Å²) in [4.78, 5) is 13.0. The van der Waals surface area contributed by atoms with Crippen LogP contribution in [0.3, 0.4) is 0 Å². The zero-order valence-corrected chi connectivity index (χ0v) is 19.8. The Hall–Kier alpha value is -2.52. The van der Waals surface area contributed by atoms with Crippen molar-refractivity contribution in [3.8, 4) is 0 Å². The van der Waals surface area contributed by atoms with Crippen molar-refractivity contribution in [2.75, 3.05) is 22.8 Å². The van der Waals surface area contributed by atoms with Gasteiger partial charge >= 0.3 is 16.2 Å². The third-order valence-electron chi connectivity index (χ3n) is 6.98. The lowest BCUT2D eigenvalue weighted by Gasteiger charge is -2.32. The molecule has 1 fully saturated rings. The van der Waals surface area contributed by atoms with Gasteiger partial charge in [-0.2, -0.15) is 8.42 Å². The number of ether oxygens (including phenoxy) is 1. The van der Waals surface area contributed by atoms with E-state index in [0.29, 0.717) is 26.1 Å². The van der Waals surface area contributed by atoms with E-state index in [-0.39, 0.29) is 11.9 Å². The first-order valence-electron chi connectivity index (χ1n) is 11.9. The fourth-order valence-corrected chi connectivity index (χ4v) is 6.67. The van der Waals surface area contributed by atoms with E-state index in [9.17, 15) is 13.2 Å². The normalized spacial score (nSPS) is 18.1. The van der Waals surface area contributed by atoms with Gasteiger partial charge in [-0.1, -0.05) is 13.0 Å². The van der Waals surface area contributed by atoms with Crippen molar-refractivity contribution in [1.82, 2.24) is 4.72 Å². The third-order valence-corrected chi connectivity index (χ3v) is 8.42. The number of hydrogen-bond acceptors (Lipinski definition) is 5. The van der Waals surface area contributed by atoms with Crippen LogP contribution in [-0.4, -0.2) is 33.7 Å². The van der Waals surface area contributed by atoms with Crippen molar-refractivity contribution in [2.45, 2.75) is 70.8 Å². The van der Waals surface area contributed by atoms with Gasteiger partial charge in [0.05, 0.1) is 12.3 Å². The van der Waals surface area contributed by atoms with Gasteiger partial charge in [0.25, 0.3) is 0 Å². The van der Waals surface area contributed by atoms with E-state index in [1.807, 2.05) is 6.92 Å². The number of carbonyl (C=O) groups is 1. The number of benzene rings is 1. The maximum Gasteiger partial charge on any atom is 0.334 e. The van der Waals surface area contributed by atoms with Gasteiger partial charge in [-0.3, -0.25) is 0 Å². The van der Waals surface area contributed by atoms with Gasteiger partial charge in [-0.05, 0) is 85.6 Å². The fourth-order valence-electron chi connectivity index (χ4n) is 5.35. The van der Waals surface area contributed by atoms with E-state index in [2.05, 4.69) is 16.1 Å². The molecule has 0 spiro atoms. The van der Waals surface area contributed by atoms with E-state index >= 15 is 0 Å². The first-order valence-corrected chi connectivity index (χ1v) is 13.3. The second kappa shape index (κ2) is 9.02. The molecule has 1 aromatic heterocycles. The lowest BCUT2D eigenvalue weighted by atomic mass is 9.99. The molecule has 3 aliphatic rings. The zero-order chi connectivity index (χ0) is 23.0. The molecule has 0 saturated carbocycles. The molecule has 33 heavy (non-hydrogen) atoms. The van der Waals surface area contributed by atoms with Gasteiger partial charge in [0.2, 0.25) is 5.88 Å². The number of nitrogens with one attached hydrogen (secondary N) is 2. The van der Waals surface area contributed by atoms with Crippen LogP contribution in [-0.2, 0) is 47.1 Å². The monoisotopic (exact) mass is 473 g/mol. The highest BCUT2D eigenvalue weighted by atomic mass is 32.2. The summed E-state index contributed by atoms with van der Waals surface area (Å²) in [6.07, 6.45) is 9.30. The topological polar surface area (TPSA) is 101 Å². The molecule has 9 heteroatoms. The Morgan fingerprint density at radius 3 is 2.33 bits per heavy atom. The lowest BCUT2D eigenvalue weighted by Crippen LogP contribution is -2.51. The Labute approximate surface area is 194 Å². The first kappa shape index (κ1) is 22.3. The largest absolute Gasteiger partial charge is 0.447 e. The summed E-state index contributed by atoms with van der Waals surface area (Å²) in [5.41, 5.74) is 6.58. The summed E-state index contributed by atoms with van der Waals surface area (Å²) in [5.74, 6) is 0.223. The molecule has 178 valence electrons. The highest BCUT2D eigenvalue weighted by Gasteiger charge is 2.35. The van der Waals surface area contributed by atoms with Gasteiger partial charge in [-0.25, -0.2) is 13.8 Å². The fraction of sp³-hybridized carbons (Fsp3) is 0.542. The van der Waals surface area contributed by atoms with Gasteiger partial charge in [0, 0.05) is 25.0 Å². The predicted octanol–water partition coefficient (Wildman–Crippen LogP) is 3.87. The molecule has 2 N–H and O–H groups in total. The highest BCUT2D eigenvalue weighted by Crippen LogP contribution is 2.38. The van der Waals surface area contributed by atoms with E-state index < -0.39 is 16.2 Å². The molecule has 1 aliphatic heterocycles. The van der Waals surface area contributed by atoms with Crippen LogP contribution >= 0.6 is 0 Å². The van der Waals surface area contributed by atoms with Crippen molar-refractivity contribution in [2.24, 2.45) is 0 Å². The van der Waals surface area contributed by atoms with E-state index in [0.717, 1.165) is 67.3 Å². The van der Waals surface area contributed by atoms with Crippen LogP contribution in [0.1, 0.15) is 60.4 Å². The summed E-state index contributed by atoms with van der Waals surface area (Å²) in [7, 11) is -4.20. The standard InChI is InChI=1S/C24H31N3O5S/c1-2-16-13-22(32-15-16)27(19-9-11-31-12-10-19)33(29,30)26-24(28)25-23-20-7-3-5-17(20)14-18-6-4-8-21(18)23/h13-15,19H,2-12H2,1H3,(H2,25,26,28). The Morgan fingerprint density at radius 2 is 1.73 bits per heavy atom. The predicted molar refractivity (Wildman–Crippen MR) is 126 cm³/mol. The smallest absolute Gasteiger partial charge is 0.334 e. The first-order chi connectivity index (χ1) is 16.0. The molecule has 1 aromatic carbocycles. The van der Waals surface area contributed by atoms with E-state index in [4.69, 9.17) is 9.15 Å². The van der Waals surface area contributed by atoms with Crippen molar-refractivity contribution < 1.29 is 22.4 Å². The van der Waals surface area contributed by atoms with Crippen LogP contribution in [0.4, 0.5) is 16.4 Å². The van der Waals surface area contributed by atoms with E-state index in [1.54, 1.807) is 12.3 Å². The minimum absolute atomic E-state index is 0.223. The average molecular weight is 474 g/mol. The summed E-state index contributed by atoms with van der Waals surface area (Å²) in [6, 6.07) is 2.93. The quantitative estimate of drug-likeness (QED) is 0.663. The molecule has 2 aliphatic carbocycles. The average Bonchev–Trinajstić information content (AvgIpc) is 3.54. The number of furan rings is 1. The lowest BCUT2D eigenvalue weighted by molar-refractivity contribution is 0.0869. The molecular formula is C24H31N3O5S. The molecule has 2 heterocycles. The number of amides is 2.